The molecule has 0 fully saturated rings. The highest BCUT2D eigenvalue weighted by Crippen LogP contribution is 2.09. The van der Waals surface area contributed by atoms with Crippen molar-refractivity contribution in [2.75, 3.05) is 7.05 Å². The number of nitrogens with zero attached hydrogens (tertiary/aromatic N) is 1. The van der Waals surface area contributed by atoms with Gasteiger partial charge in [-0.05, 0) is 32.9 Å². The molecule has 1 rings (SSSR count). The van der Waals surface area contributed by atoms with Gasteiger partial charge in [0.2, 0.25) is 0 Å². The lowest BCUT2D eigenvalue weighted by Gasteiger charge is -2.17. The number of carbonyl (C=O) groups excluding carboxylic acids is 1. The van der Waals surface area contributed by atoms with Crippen LogP contribution in [0.2, 0.25) is 0 Å². The molecule has 0 aliphatic rings. The molecule has 1 aromatic rings. The van der Waals surface area contributed by atoms with Crippen molar-refractivity contribution < 1.29 is 13.9 Å². The molecule has 4 nitrogen and oxygen atoms in total. The van der Waals surface area contributed by atoms with Gasteiger partial charge in [0.25, 0.3) is 0 Å². The number of amides is 1. The molecule has 15 heavy (non-hydrogen) atoms. The Kier molecular flexibility index (Phi) is 3.77. The van der Waals surface area contributed by atoms with Crippen LogP contribution in [0.3, 0.4) is 0 Å². The average Bonchev–Trinajstić information content (AvgIpc) is 2.50. The summed E-state index contributed by atoms with van der Waals surface area (Å²) >= 11 is 0. The van der Waals surface area contributed by atoms with E-state index in [1.807, 2.05) is 32.9 Å². The van der Waals surface area contributed by atoms with Crippen molar-refractivity contribution in [3.8, 4) is 0 Å². The van der Waals surface area contributed by atoms with Crippen LogP contribution < -0.4 is 0 Å². The molecule has 0 unspecified atom stereocenters. The van der Waals surface area contributed by atoms with E-state index in [0.29, 0.717) is 6.54 Å². The zero-order valence-corrected chi connectivity index (χ0v) is 9.61. The van der Waals surface area contributed by atoms with Gasteiger partial charge in [-0.15, -0.1) is 0 Å². The monoisotopic (exact) mass is 211 g/mol. The SMILES string of the molecule is Cc1ccc(CN(C)C(=O)OC(C)C)o1. The minimum absolute atomic E-state index is 0.0988. The summed E-state index contributed by atoms with van der Waals surface area (Å²) in [4.78, 5) is 12.9. The number of carbonyl (C=O) groups is 1. The molecule has 0 radical (unpaired) electrons. The van der Waals surface area contributed by atoms with Crippen molar-refractivity contribution in [2.45, 2.75) is 33.4 Å². The van der Waals surface area contributed by atoms with E-state index in [4.69, 9.17) is 9.15 Å². The van der Waals surface area contributed by atoms with Crippen molar-refractivity contribution in [2.24, 2.45) is 0 Å². The summed E-state index contributed by atoms with van der Waals surface area (Å²) < 4.78 is 10.4. The molecule has 0 aliphatic carbocycles. The van der Waals surface area contributed by atoms with Crippen molar-refractivity contribution in [3.05, 3.63) is 23.7 Å². The second kappa shape index (κ2) is 4.87. The second-order valence-corrected chi connectivity index (χ2v) is 3.80. The van der Waals surface area contributed by atoms with E-state index in [1.165, 1.54) is 4.90 Å². The highest BCUT2D eigenvalue weighted by molar-refractivity contribution is 5.67. The third-order valence-corrected chi connectivity index (χ3v) is 1.84. The van der Waals surface area contributed by atoms with Crippen LogP contribution in [0.25, 0.3) is 0 Å². The molecule has 0 spiro atoms. The number of ether oxygens (including phenoxy) is 1. The van der Waals surface area contributed by atoms with Crippen LogP contribution in [0.5, 0.6) is 0 Å². The van der Waals surface area contributed by atoms with Gasteiger partial charge in [-0.1, -0.05) is 0 Å². The molecule has 0 saturated heterocycles. The summed E-state index contributed by atoms with van der Waals surface area (Å²) in [6.45, 7) is 5.95. The van der Waals surface area contributed by atoms with Crippen LogP contribution in [-0.2, 0) is 11.3 Å². The van der Waals surface area contributed by atoms with Gasteiger partial charge in [-0.2, -0.15) is 0 Å². The second-order valence-electron chi connectivity index (χ2n) is 3.80. The summed E-state index contributed by atoms with van der Waals surface area (Å²) in [5, 5.41) is 0. The Morgan fingerprint density at radius 1 is 1.53 bits per heavy atom. The van der Waals surface area contributed by atoms with Crippen molar-refractivity contribution >= 4 is 6.09 Å². The van der Waals surface area contributed by atoms with Gasteiger partial charge in [0.15, 0.2) is 0 Å². The highest BCUT2D eigenvalue weighted by Gasteiger charge is 2.13. The molecule has 0 bridgehead atoms. The maximum atomic E-state index is 11.4. The number of hydrogen-bond donors (Lipinski definition) is 0. The molecule has 0 aromatic carbocycles. The minimum Gasteiger partial charge on any atom is -0.464 e. The fourth-order valence-corrected chi connectivity index (χ4v) is 1.16. The van der Waals surface area contributed by atoms with E-state index in [1.54, 1.807) is 7.05 Å². The van der Waals surface area contributed by atoms with E-state index in [2.05, 4.69) is 0 Å². The summed E-state index contributed by atoms with van der Waals surface area (Å²) in [6, 6.07) is 3.73. The van der Waals surface area contributed by atoms with E-state index in [0.717, 1.165) is 11.5 Å². The molecular formula is C11H17NO3. The fraction of sp³-hybridized carbons (Fsp3) is 0.545. The summed E-state index contributed by atoms with van der Waals surface area (Å²) in [5.74, 6) is 1.60. The van der Waals surface area contributed by atoms with E-state index >= 15 is 0 Å². The number of furan rings is 1. The summed E-state index contributed by atoms with van der Waals surface area (Å²) in [7, 11) is 1.68. The number of rotatable bonds is 3. The van der Waals surface area contributed by atoms with Crippen molar-refractivity contribution in [1.82, 2.24) is 4.90 Å². The zero-order valence-electron chi connectivity index (χ0n) is 9.61. The molecule has 4 heteroatoms. The van der Waals surface area contributed by atoms with Crippen LogP contribution >= 0.6 is 0 Å². The van der Waals surface area contributed by atoms with Crippen LogP contribution in [0.1, 0.15) is 25.4 Å². The van der Waals surface area contributed by atoms with Gasteiger partial charge >= 0.3 is 6.09 Å². The lowest BCUT2D eigenvalue weighted by Crippen LogP contribution is -2.28. The predicted octanol–water partition coefficient (Wildman–Crippen LogP) is 2.56. The van der Waals surface area contributed by atoms with Crippen molar-refractivity contribution in [1.29, 1.82) is 0 Å². The topological polar surface area (TPSA) is 42.7 Å². The van der Waals surface area contributed by atoms with Crippen LogP contribution in [0, 0.1) is 6.92 Å². The van der Waals surface area contributed by atoms with Crippen LogP contribution in [0.4, 0.5) is 4.79 Å². The number of aryl methyl sites for hydroxylation is 1. The smallest absolute Gasteiger partial charge is 0.410 e. The van der Waals surface area contributed by atoms with Crippen LogP contribution in [0.15, 0.2) is 16.5 Å². The first-order valence-electron chi connectivity index (χ1n) is 4.96. The molecule has 1 aromatic heterocycles. The molecule has 1 amide bonds. The van der Waals surface area contributed by atoms with E-state index < -0.39 is 0 Å². The van der Waals surface area contributed by atoms with Gasteiger partial charge < -0.3 is 14.1 Å². The molecule has 84 valence electrons. The maximum absolute atomic E-state index is 11.4. The first-order valence-corrected chi connectivity index (χ1v) is 4.96. The Hall–Kier alpha value is -1.45. The Morgan fingerprint density at radius 2 is 2.20 bits per heavy atom. The van der Waals surface area contributed by atoms with E-state index in [9.17, 15) is 4.79 Å². The van der Waals surface area contributed by atoms with Gasteiger partial charge in [0.05, 0.1) is 12.6 Å². The number of hydrogen-bond acceptors (Lipinski definition) is 3. The maximum Gasteiger partial charge on any atom is 0.410 e. The molecule has 0 aliphatic heterocycles. The largest absolute Gasteiger partial charge is 0.464 e. The van der Waals surface area contributed by atoms with Gasteiger partial charge in [0.1, 0.15) is 11.5 Å². The Morgan fingerprint density at radius 3 is 2.67 bits per heavy atom. The quantitative estimate of drug-likeness (QED) is 0.771. The summed E-state index contributed by atoms with van der Waals surface area (Å²) in [5.41, 5.74) is 0. The fourth-order valence-electron chi connectivity index (χ4n) is 1.16. The van der Waals surface area contributed by atoms with Gasteiger partial charge in [-0.25, -0.2) is 4.79 Å². The molecule has 1 heterocycles. The molecule has 0 atom stereocenters. The average molecular weight is 211 g/mol. The van der Waals surface area contributed by atoms with Crippen molar-refractivity contribution in [3.63, 3.8) is 0 Å². The standard InChI is InChI=1S/C11H17NO3/c1-8(2)14-11(13)12(4)7-10-6-5-9(3)15-10/h5-6,8H,7H2,1-4H3. The zero-order chi connectivity index (χ0) is 11.4. The first-order chi connectivity index (χ1) is 6.99. The third-order valence-electron chi connectivity index (χ3n) is 1.84. The minimum atomic E-state index is -0.334. The van der Waals surface area contributed by atoms with E-state index in [-0.39, 0.29) is 12.2 Å². The Balaban J connectivity index is 2.48. The molecule has 0 N–H and O–H groups in total. The molecular weight excluding hydrogens is 194 g/mol. The van der Waals surface area contributed by atoms with Crippen LogP contribution in [-0.4, -0.2) is 24.1 Å². The Labute approximate surface area is 89.8 Å². The molecule has 0 saturated carbocycles. The normalized spacial score (nSPS) is 10.5. The highest BCUT2D eigenvalue weighted by atomic mass is 16.6. The lowest BCUT2D eigenvalue weighted by molar-refractivity contribution is 0.0803. The third kappa shape index (κ3) is 3.65. The lowest BCUT2D eigenvalue weighted by atomic mass is 10.4. The van der Waals surface area contributed by atoms with Gasteiger partial charge in [0, 0.05) is 7.05 Å². The predicted molar refractivity (Wildman–Crippen MR) is 56.5 cm³/mol. The first kappa shape index (κ1) is 11.6. The Bertz CT molecular complexity index is 330. The van der Waals surface area contributed by atoms with Gasteiger partial charge in [-0.3, -0.25) is 0 Å². The summed E-state index contributed by atoms with van der Waals surface area (Å²) in [6.07, 6.45) is -0.433.